The molecule has 0 aromatic heterocycles. The van der Waals surface area contributed by atoms with Crippen LogP contribution in [-0.4, -0.2) is 11.8 Å². The Kier molecular flexibility index (Phi) is 5.42. The zero-order valence-electron chi connectivity index (χ0n) is 11.2. The Morgan fingerprint density at radius 3 is 2.23 bits per heavy atom. The number of benzene rings is 2. The van der Waals surface area contributed by atoms with Crippen LogP contribution >= 0.6 is 23.4 Å². The van der Waals surface area contributed by atoms with E-state index in [-0.39, 0.29) is 0 Å². The fourth-order valence-electron chi connectivity index (χ4n) is 1.60. The molecule has 0 saturated carbocycles. The molecular weight excluding hydrogens is 322 g/mol. The Morgan fingerprint density at radius 1 is 1.00 bits per heavy atom. The lowest BCUT2D eigenvalue weighted by Gasteiger charge is -2.07. The molecule has 0 saturated heterocycles. The summed E-state index contributed by atoms with van der Waals surface area (Å²) < 4.78 is 0. The minimum absolute atomic E-state index is 0.438. The second-order valence-electron chi connectivity index (χ2n) is 4.14. The quantitative estimate of drug-likeness (QED) is 0.512. The van der Waals surface area contributed by atoms with Crippen molar-refractivity contribution in [3.8, 4) is 5.40 Å². The summed E-state index contributed by atoms with van der Waals surface area (Å²) in [6.45, 7) is 0. The first kappa shape index (κ1) is 15.9. The molecular formula is C15H10ClN3O2S. The van der Waals surface area contributed by atoms with Gasteiger partial charge in [0.25, 0.3) is 0 Å². The average molecular weight is 332 g/mol. The van der Waals surface area contributed by atoms with Crippen LogP contribution < -0.4 is 10.6 Å². The summed E-state index contributed by atoms with van der Waals surface area (Å²) in [6.07, 6.45) is 0. The minimum atomic E-state index is -0.794. The molecule has 2 aromatic carbocycles. The molecule has 0 bridgehead atoms. The Hall–Kier alpha value is -2.49. The largest absolute Gasteiger partial charge is 0.318 e. The Labute approximate surface area is 136 Å². The highest BCUT2D eigenvalue weighted by atomic mass is 35.5. The number of hydrogen-bond acceptors (Lipinski definition) is 4. The van der Waals surface area contributed by atoms with Crippen molar-refractivity contribution in [2.75, 3.05) is 10.6 Å². The molecule has 0 aliphatic heterocycles. The van der Waals surface area contributed by atoms with Crippen LogP contribution in [-0.2, 0) is 9.59 Å². The monoisotopic (exact) mass is 331 g/mol. The predicted octanol–water partition coefficient (Wildman–Crippen LogP) is 3.49. The first-order valence-electron chi connectivity index (χ1n) is 6.12. The lowest BCUT2D eigenvalue weighted by atomic mass is 10.3. The van der Waals surface area contributed by atoms with Gasteiger partial charge < -0.3 is 10.6 Å². The van der Waals surface area contributed by atoms with Gasteiger partial charge in [0.2, 0.25) is 0 Å². The van der Waals surface area contributed by atoms with E-state index in [0.29, 0.717) is 16.4 Å². The lowest BCUT2D eigenvalue weighted by Crippen LogP contribution is -2.29. The van der Waals surface area contributed by atoms with E-state index in [9.17, 15) is 9.59 Å². The van der Waals surface area contributed by atoms with Crippen LogP contribution in [0.5, 0.6) is 0 Å². The maximum absolute atomic E-state index is 11.8. The van der Waals surface area contributed by atoms with Crippen LogP contribution in [0, 0.1) is 10.7 Å². The fraction of sp³-hybridized carbons (Fsp3) is 0. The number of thiocyanates is 1. The number of nitrogens with one attached hydrogen (secondary N) is 2. The smallest absolute Gasteiger partial charge is 0.314 e. The summed E-state index contributed by atoms with van der Waals surface area (Å²) in [6, 6.07) is 13.1. The fourth-order valence-corrected chi connectivity index (χ4v) is 2.17. The van der Waals surface area contributed by atoms with E-state index < -0.39 is 11.8 Å². The molecule has 0 atom stereocenters. The van der Waals surface area contributed by atoms with Gasteiger partial charge in [-0.05, 0) is 54.2 Å². The molecule has 7 heteroatoms. The number of nitriles is 1. The summed E-state index contributed by atoms with van der Waals surface area (Å²) in [5.41, 5.74) is 0.905. The van der Waals surface area contributed by atoms with Crippen molar-refractivity contribution in [1.82, 2.24) is 0 Å². The summed E-state index contributed by atoms with van der Waals surface area (Å²) in [4.78, 5) is 24.3. The standard InChI is InChI=1S/C15H10ClN3O2S/c16-10-2-1-3-12(8-10)19-15(21)14(20)18-11-4-6-13(7-5-11)22-9-17/h1-8H,(H,18,20)(H,19,21). The van der Waals surface area contributed by atoms with Gasteiger partial charge in [-0.2, -0.15) is 5.26 Å². The van der Waals surface area contributed by atoms with Crippen molar-refractivity contribution < 1.29 is 9.59 Å². The van der Waals surface area contributed by atoms with Gasteiger partial charge in [0, 0.05) is 21.3 Å². The molecule has 0 heterocycles. The molecule has 0 aliphatic rings. The maximum Gasteiger partial charge on any atom is 0.314 e. The highest BCUT2D eigenvalue weighted by molar-refractivity contribution is 8.03. The SMILES string of the molecule is N#CSc1ccc(NC(=O)C(=O)Nc2cccc(Cl)c2)cc1. The van der Waals surface area contributed by atoms with E-state index in [1.807, 2.05) is 5.40 Å². The third-order valence-corrected chi connectivity index (χ3v) is 3.40. The number of rotatable bonds is 3. The van der Waals surface area contributed by atoms with Gasteiger partial charge in [-0.25, -0.2) is 0 Å². The third-order valence-electron chi connectivity index (χ3n) is 2.56. The van der Waals surface area contributed by atoms with Crippen molar-refractivity contribution in [1.29, 1.82) is 5.26 Å². The van der Waals surface area contributed by atoms with Gasteiger partial charge in [0.15, 0.2) is 0 Å². The Balaban J connectivity index is 1.96. The first-order chi connectivity index (χ1) is 10.6. The Morgan fingerprint density at radius 2 is 1.64 bits per heavy atom. The maximum atomic E-state index is 11.8. The molecule has 22 heavy (non-hydrogen) atoms. The van der Waals surface area contributed by atoms with Gasteiger partial charge in [0.1, 0.15) is 5.40 Å². The molecule has 0 aliphatic carbocycles. The average Bonchev–Trinajstić information content (AvgIpc) is 2.49. The van der Waals surface area contributed by atoms with Crippen molar-refractivity contribution in [2.24, 2.45) is 0 Å². The third kappa shape index (κ3) is 4.52. The van der Waals surface area contributed by atoms with Crippen LogP contribution in [0.1, 0.15) is 0 Å². The van der Waals surface area contributed by atoms with Crippen molar-refractivity contribution >= 4 is 46.6 Å². The number of nitrogens with zero attached hydrogens (tertiary/aromatic N) is 1. The topological polar surface area (TPSA) is 82.0 Å². The van der Waals surface area contributed by atoms with E-state index in [4.69, 9.17) is 16.9 Å². The van der Waals surface area contributed by atoms with Gasteiger partial charge in [-0.15, -0.1) is 0 Å². The van der Waals surface area contributed by atoms with E-state index in [1.54, 1.807) is 48.5 Å². The number of amides is 2. The number of hydrogen-bond donors (Lipinski definition) is 2. The molecule has 0 radical (unpaired) electrons. The second-order valence-corrected chi connectivity index (χ2v) is 5.43. The summed E-state index contributed by atoms with van der Waals surface area (Å²) >= 11 is 6.81. The number of halogens is 1. The molecule has 2 rings (SSSR count). The number of anilines is 2. The summed E-state index contributed by atoms with van der Waals surface area (Å²) in [5.74, 6) is -1.58. The molecule has 110 valence electrons. The van der Waals surface area contributed by atoms with Gasteiger partial charge in [-0.1, -0.05) is 17.7 Å². The molecule has 0 unspecified atom stereocenters. The van der Waals surface area contributed by atoms with Crippen LogP contribution in [0.15, 0.2) is 53.4 Å². The Bertz CT molecular complexity index is 741. The summed E-state index contributed by atoms with van der Waals surface area (Å²) in [7, 11) is 0. The number of carbonyl (C=O) groups is 2. The second kappa shape index (κ2) is 7.50. The first-order valence-corrected chi connectivity index (χ1v) is 7.32. The van der Waals surface area contributed by atoms with Gasteiger partial charge >= 0.3 is 11.8 Å². The van der Waals surface area contributed by atoms with E-state index in [0.717, 1.165) is 16.7 Å². The van der Waals surface area contributed by atoms with Crippen LogP contribution in [0.2, 0.25) is 5.02 Å². The van der Waals surface area contributed by atoms with Crippen molar-refractivity contribution in [3.63, 3.8) is 0 Å². The molecule has 0 fully saturated rings. The van der Waals surface area contributed by atoms with Crippen molar-refractivity contribution in [2.45, 2.75) is 4.90 Å². The molecule has 5 nitrogen and oxygen atoms in total. The molecule has 0 spiro atoms. The van der Waals surface area contributed by atoms with E-state index >= 15 is 0 Å². The zero-order valence-corrected chi connectivity index (χ0v) is 12.7. The van der Waals surface area contributed by atoms with Crippen LogP contribution in [0.25, 0.3) is 0 Å². The molecule has 2 amide bonds. The predicted molar refractivity (Wildman–Crippen MR) is 86.6 cm³/mol. The number of carbonyl (C=O) groups excluding carboxylic acids is 2. The van der Waals surface area contributed by atoms with E-state index in [2.05, 4.69) is 10.6 Å². The highest BCUT2D eigenvalue weighted by Crippen LogP contribution is 2.19. The minimum Gasteiger partial charge on any atom is -0.318 e. The molecule has 2 aromatic rings. The highest BCUT2D eigenvalue weighted by Gasteiger charge is 2.14. The van der Waals surface area contributed by atoms with Gasteiger partial charge in [0.05, 0.1) is 0 Å². The van der Waals surface area contributed by atoms with E-state index in [1.165, 1.54) is 0 Å². The van der Waals surface area contributed by atoms with Crippen LogP contribution in [0.4, 0.5) is 11.4 Å². The van der Waals surface area contributed by atoms with Crippen LogP contribution in [0.3, 0.4) is 0 Å². The lowest BCUT2D eigenvalue weighted by molar-refractivity contribution is -0.132. The van der Waals surface area contributed by atoms with Crippen molar-refractivity contribution in [3.05, 3.63) is 53.6 Å². The van der Waals surface area contributed by atoms with Gasteiger partial charge in [-0.3, -0.25) is 9.59 Å². The zero-order chi connectivity index (χ0) is 15.9. The molecule has 2 N–H and O–H groups in total. The summed E-state index contributed by atoms with van der Waals surface area (Å²) in [5, 5.41) is 15.9. The number of thioether (sulfide) groups is 1. The normalized spacial score (nSPS) is 9.64.